The summed E-state index contributed by atoms with van der Waals surface area (Å²) in [5, 5.41) is 17.1. The molecule has 0 radical (unpaired) electrons. The summed E-state index contributed by atoms with van der Waals surface area (Å²) in [6.45, 7) is 4.89. The molecule has 2 aromatic rings. The second-order valence-corrected chi connectivity index (χ2v) is 7.06. The molecule has 0 fully saturated rings. The van der Waals surface area contributed by atoms with Crippen LogP contribution in [0.1, 0.15) is 62.3 Å². The Hall–Kier alpha value is -3.14. The van der Waals surface area contributed by atoms with Gasteiger partial charge in [0.25, 0.3) is 0 Å². The number of allylic oxidation sites excluding steroid dienone is 1. The maximum absolute atomic E-state index is 9.79. The summed E-state index contributed by atoms with van der Waals surface area (Å²) in [5.74, 6) is 1.46. The first-order chi connectivity index (χ1) is 14.1. The number of aryl methyl sites for hydroxylation is 1. The molecule has 1 aliphatic rings. The third-order valence-corrected chi connectivity index (χ3v) is 5.07. The first-order valence-electron chi connectivity index (χ1n) is 10.1. The number of rotatable bonds is 9. The van der Waals surface area contributed by atoms with E-state index < -0.39 is 0 Å². The number of unbranched alkanes of at least 4 members (excludes halogenated alkanes) is 2. The first-order valence-corrected chi connectivity index (χ1v) is 10.1. The lowest BCUT2D eigenvalue weighted by molar-refractivity contribution is 0.288. The summed E-state index contributed by atoms with van der Waals surface area (Å²) in [6.07, 6.45) is 4.92. The summed E-state index contributed by atoms with van der Waals surface area (Å²) < 4.78 is 17.0. The molecule has 0 amide bonds. The van der Waals surface area contributed by atoms with Gasteiger partial charge in [-0.25, -0.2) is 0 Å². The van der Waals surface area contributed by atoms with Gasteiger partial charge in [-0.3, -0.25) is 5.10 Å². The predicted octanol–water partition coefficient (Wildman–Crippen LogP) is 4.16. The van der Waals surface area contributed by atoms with Gasteiger partial charge in [0, 0.05) is 11.3 Å². The summed E-state index contributed by atoms with van der Waals surface area (Å²) in [7, 11) is 1.61. The number of nitrogens with zero attached hydrogens (tertiary/aromatic N) is 2. The topological polar surface area (TPSA) is 106 Å². The Morgan fingerprint density at radius 1 is 1.24 bits per heavy atom. The molecule has 3 N–H and O–H groups in total. The highest BCUT2D eigenvalue weighted by Crippen LogP contribution is 2.44. The number of hydrogen-bond acceptors (Lipinski definition) is 6. The van der Waals surface area contributed by atoms with E-state index in [2.05, 4.69) is 30.1 Å². The van der Waals surface area contributed by atoms with Crippen LogP contribution in [0, 0.1) is 11.3 Å². The van der Waals surface area contributed by atoms with Gasteiger partial charge in [-0.15, -0.1) is 5.10 Å². The van der Waals surface area contributed by atoms with E-state index in [1.54, 1.807) is 7.11 Å². The second-order valence-electron chi connectivity index (χ2n) is 7.06. The summed E-state index contributed by atoms with van der Waals surface area (Å²) >= 11 is 0. The van der Waals surface area contributed by atoms with Gasteiger partial charge < -0.3 is 19.9 Å². The lowest BCUT2D eigenvalue weighted by atomic mass is 9.83. The SMILES string of the molecule is CCCCOc1ccc(C2C(C#N)=C(N)Oc3n[nH]c(CCCC)c32)cc1OC. The fraction of sp³-hybridized carbons (Fsp3) is 0.455. The van der Waals surface area contributed by atoms with Crippen LogP contribution in [0.2, 0.25) is 0 Å². The largest absolute Gasteiger partial charge is 0.493 e. The monoisotopic (exact) mass is 396 g/mol. The molecule has 1 unspecified atom stereocenters. The Bertz CT molecular complexity index is 927. The third-order valence-electron chi connectivity index (χ3n) is 5.07. The zero-order valence-electron chi connectivity index (χ0n) is 17.2. The van der Waals surface area contributed by atoms with Crippen LogP contribution < -0.4 is 19.9 Å². The summed E-state index contributed by atoms with van der Waals surface area (Å²) in [5.41, 5.74) is 9.14. The molecule has 3 rings (SSSR count). The van der Waals surface area contributed by atoms with Gasteiger partial charge >= 0.3 is 0 Å². The molecular weight excluding hydrogens is 368 g/mol. The molecule has 1 aliphatic heterocycles. The molecule has 1 aromatic heterocycles. The van der Waals surface area contributed by atoms with Crippen LogP contribution in [0.15, 0.2) is 29.7 Å². The number of aromatic amines is 1. The van der Waals surface area contributed by atoms with E-state index in [1.165, 1.54) is 0 Å². The van der Waals surface area contributed by atoms with Crippen molar-refractivity contribution in [3.63, 3.8) is 0 Å². The number of fused-ring (bicyclic) bond motifs is 1. The fourth-order valence-electron chi connectivity index (χ4n) is 3.50. The molecule has 0 bridgehead atoms. The average Bonchev–Trinajstić information content (AvgIpc) is 3.13. The molecule has 0 saturated carbocycles. The molecular formula is C22H28N4O3. The number of nitrogens with one attached hydrogen (secondary N) is 1. The van der Waals surface area contributed by atoms with Crippen LogP contribution in [0.25, 0.3) is 0 Å². The second kappa shape index (κ2) is 9.37. The van der Waals surface area contributed by atoms with Gasteiger partial charge in [0.15, 0.2) is 11.5 Å². The fourth-order valence-corrected chi connectivity index (χ4v) is 3.50. The highest BCUT2D eigenvalue weighted by atomic mass is 16.5. The average molecular weight is 396 g/mol. The summed E-state index contributed by atoms with van der Waals surface area (Å²) in [4.78, 5) is 0. The van der Waals surface area contributed by atoms with Gasteiger partial charge in [0.05, 0.1) is 19.6 Å². The number of hydrogen-bond donors (Lipinski definition) is 2. The smallest absolute Gasteiger partial charge is 0.244 e. The minimum Gasteiger partial charge on any atom is -0.493 e. The Balaban J connectivity index is 2.04. The molecule has 0 spiro atoms. The summed E-state index contributed by atoms with van der Waals surface area (Å²) in [6, 6.07) is 7.97. The van der Waals surface area contributed by atoms with Crippen LogP contribution in [-0.2, 0) is 6.42 Å². The molecule has 1 aromatic carbocycles. The Labute approximate surface area is 171 Å². The van der Waals surface area contributed by atoms with Crippen molar-refractivity contribution in [2.75, 3.05) is 13.7 Å². The zero-order valence-corrected chi connectivity index (χ0v) is 17.2. The first kappa shape index (κ1) is 20.6. The van der Waals surface area contributed by atoms with Crippen LogP contribution in [-0.4, -0.2) is 23.9 Å². The molecule has 1 atom stereocenters. The Kier molecular flexibility index (Phi) is 6.65. The number of nitrogens with two attached hydrogens (primary N) is 1. The van der Waals surface area contributed by atoms with Crippen molar-refractivity contribution >= 4 is 0 Å². The van der Waals surface area contributed by atoms with Crippen LogP contribution in [0.5, 0.6) is 17.4 Å². The molecule has 154 valence electrons. The number of H-pyrrole nitrogens is 1. The maximum Gasteiger partial charge on any atom is 0.244 e. The molecule has 7 heteroatoms. The van der Waals surface area contributed by atoms with Gasteiger partial charge in [-0.1, -0.05) is 32.8 Å². The van der Waals surface area contributed by atoms with Crippen molar-refractivity contribution in [2.24, 2.45) is 5.73 Å². The molecule has 2 heterocycles. The number of aromatic nitrogens is 2. The number of nitriles is 1. The lowest BCUT2D eigenvalue weighted by Crippen LogP contribution is -2.21. The van der Waals surface area contributed by atoms with Crippen LogP contribution >= 0.6 is 0 Å². The van der Waals surface area contributed by atoms with Crippen molar-refractivity contribution in [1.29, 1.82) is 5.26 Å². The standard InChI is InChI=1S/C22H28N4O3/c1-4-6-8-16-20-19(15(13-23)21(24)29-22(20)26-25-16)14-9-10-17(18(12-14)27-3)28-11-7-5-2/h9-10,12,19H,4-8,11,24H2,1-3H3,(H,25,26). The van der Waals surface area contributed by atoms with Crippen molar-refractivity contribution < 1.29 is 14.2 Å². The van der Waals surface area contributed by atoms with Crippen molar-refractivity contribution in [3.05, 3.63) is 46.5 Å². The van der Waals surface area contributed by atoms with E-state index in [9.17, 15) is 5.26 Å². The number of benzene rings is 1. The quantitative estimate of drug-likeness (QED) is 0.617. The maximum atomic E-state index is 9.79. The van der Waals surface area contributed by atoms with E-state index in [-0.39, 0.29) is 11.8 Å². The number of methoxy groups -OCH3 is 1. The van der Waals surface area contributed by atoms with Crippen molar-refractivity contribution in [3.8, 4) is 23.4 Å². The zero-order chi connectivity index (χ0) is 20.8. The van der Waals surface area contributed by atoms with Gasteiger partial charge in [0.2, 0.25) is 11.8 Å². The van der Waals surface area contributed by atoms with Gasteiger partial charge in [0.1, 0.15) is 11.6 Å². The van der Waals surface area contributed by atoms with Crippen LogP contribution in [0.4, 0.5) is 0 Å². The third kappa shape index (κ3) is 4.16. The van der Waals surface area contributed by atoms with E-state index in [0.29, 0.717) is 29.6 Å². The normalized spacial score (nSPS) is 15.4. The highest BCUT2D eigenvalue weighted by Gasteiger charge is 2.35. The molecule has 0 aliphatic carbocycles. The highest BCUT2D eigenvalue weighted by molar-refractivity contribution is 5.57. The lowest BCUT2D eigenvalue weighted by Gasteiger charge is -2.24. The van der Waals surface area contributed by atoms with Gasteiger partial charge in [-0.2, -0.15) is 5.26 Å². The molecule has 7 nitrogen and oxygen atoms in total. The minimum atomic E-state index is -0.368. The number of ether oxygens (including phenoxy) is 3. The Morgan fingerprint density at radius 2 is 2.03 bits per heavy atom. The van der Waals surface area contributed by atoms with E-state index in [4.69, 9.17) is 19.9 Å². The van der Waals surface area contributed by atoms with Gasteiger partial charge in [-0.05, 0) is 37.0 Å². The van der Waals surface area contributed by atoms with E-state index in [1.807, 2.05) is 18.2 Å². The van der Waals surface area contributed by atoms with Crippen molar-refractivity contribution in [1.82, 2.24) is 10.2 Å². The molecule has 29 heavy (non-hydrogen) atoms. The minimum absolute atomic E-state index is 0.0841. The van der Waals surface area contributed by atoms with E-state index in [0.717, 1.165) is 48.9 Å². The van der Waals surface area contributed by atoms with Crippen molar-refractivity contribution in [2.45, 2.75) is 51.9 Å². The Morgan fingerprint density at radius 3 is 2.72 bits per heavy atom. The predicted molar refractivity (Wildman–Crippen MR) is 110 cm³/mol. The van der Waals surface area contributed by atoms with Crippen LogP contribution in [0.3, 0.4) is 0 Å². The van der Waals surface area contributed by atoms with E-state index >= 15 is 0 Å². The molecule has 0 saturated heterocycles.